The molecule has 1 unspecified atom stereocenters. The van der Waals surface area contributed by atoms with Gasteiger partial charge in [0, 0.05) is 45.4 Å². The predicted molar refractivity (Wildman–Crippen MR) is 92.8 cm³/mol. The van der Waals surface area contributed by atoms with Gasteiger partial charge in [-0.3, -0.25) is 15.7 Å². The molecule has 21 heavy (non-hydrogen) atoms. The van der Waals surface area contributed by atoms with E-state index in [2.05, 4.69) is 49.1 Å². The molecule has 3 aromatic rings. The minimum absolute atomic E-state index is 0.193. The highest BCUT2D eigenvalue weighted by Crippen LogP contribution is 2.23. The molecule has 0 aliphatic heterocycles. The Bertz CT molecular complexity index is 696. The Morgan fingerprint density at radius 1 is 1.48 bits per heavy atom. The number of halogens is 1. The van der Waals surface area contributed by atoms with Gasteiger partial charge in [0.25, 0.3) is 0 Å². The molecule has 110 valence electrons. The fraction of sp³-hybridized carbons (Fsp3) is 0.214. The van der Waals surface area contributed by atoms with Crippen LogP contribution in [-0.2, 0) is 6.42 Å². The Kier molecular flexibility index (Phi) is 4.97. The first-order valence-electron chi connectivity index (χ1n) is 6.50. The van der Waals surface area contributed by atoms with E-state index in [0.29, 0.717) is 0 Å². The van der Waals surface area contributed by atoms with Gasteiger partial charge < -0.3 is 0 Å². The number of imidazole rings is 1. The van der Waals surface area contributed by atoms with Crippen molar-refractivity contribution in [1.29, 1.82) is 0 Å². The summed E-state index contributed by atoms with van der Waals surface area (Å²) >= 11 is 6.93. The molecular formula is C14H15BrN4S2. The summed E-state index contributed by atoms with van der Waals surface area (Å²) in [5.74, 6) is 6.58. The van der Waals surface area contributed by atoms with Gasteiger partial charge in [-0.05, 0) is 18.2 Å². The number of thioether (sulfide) groups is 1. The van der Waals surface area contributed by atoms with E-state index in [4.69, 9.17) is 5.84 Å². The van der Waals surface area contributed by atoms with Crippen molar-refractivity contribution in [3.63, 3.8) is 0 Å². The molecule has 0 aliphatic carbocycles. The monoisotopic (exact) mass is 382 g/mol. The van der Waals surface area contributed by atoms with Gasteiger partial charge in [0.1, 0.15) is 0 Å². The lowest BCUT2D eigenvalue weighted by Gasteiger charge is -2.14. The summed E-state index contributed by atoms with van der Waals surface area (Å²) in [6, 6.07) is 8.49. The zero-order valence-corrected chi connectivity index (χ0v) is 14.4. The molecular weight excluding hydrogens is 368 g/mol. The lowest BCUT2D eigenvalue weighted by molar-refractivity contribution is 0.570. The quantitative estimate of drug-likeness (QED) is 0.390. The number of rotatable bonds is 6. The number of fused-ring (bicyclic) bond motifs is 1. The van der Waals surface area contributed by atoms with Crippen molar-refractivity contribution in [3.8, 4) is 0 Å². The number of hydrogen-bond donors (Lipinski definition) is 2. The molecule has 0 radical (unpaired) electrons. The maximum absolute atomic E-state index is 5.68. The first-order chi connectivity index (χ1) is 10.2. The number of thiazole rings is 1. The number of hydrazine groups is 1. The summed E-state index contributed by atoms with van der Waals surface area (Å²) in [5, 5.41) is 2.04. The zero-order chi connectivity index (χ0) is 14.7. The van der Waals surface area contributed by atoms with E-state index in [1.807, 2.05) is 23.7 Å². The van der Waals surface area contributed by atoms with Crippen molar-refractivity contribution in [2.24, 2.45) is 5.84 Å². The van der Waals surface area contributed by atoms with Gasteiger partial charge in [-0.15, -0.1) is 23.1 Å². The molecule has 3 N–H and O–H groups in total. The molecule has 1 aromatic carbocycles. The Morgan fingerprint density at radius 2 is 2.38 bits per heavy atom. The second-order valence-electron chi connectivity index (χ2n) is 4.66. The standard InChI is InChI=1S/C14H15BrN4S2/c15-10-2-1-3-13(6-10)21-9-12(18-16)7-11-8-19-4-5-20-14(19)17-11/h1-6,8,12,18H,7,9,16H2. The predicted octanol–water partition coefficient (Wildman–Crippen LogP) is 3.33. The van der Waals surface area contributed by atoms with Crippen molar-refractivity contribution < 1.29 is 0 Å². The van der Waals surface area contributed by atoms with E-state index in [0.717, 1.165) is 27.3 Å². The molecule has 4 nitrogen and oxygen atoms in total. The van der Waals surface area contributed by atoms with Gasteiger partial charge in [-0.25, -0.2) is 4.98 Å². The number of nitrogens with one attached hydrogen (secondary N) is 1. The summed E-state index contributed by atoms with van der Waals surface area (Å²) in [7, 11) is 0. The highest BCUT2D eigenvalue weighted by molar-refractivity contribution is 9.10. The van der Waals surface area contributed by atoms with E-state index in [-0.39, 0.29) is 6.04 Å². The van der Waals surface area contributed by atoms with Crippen LogP contribution in [0.3, 0.4) is 0 Å². The SMILES string of the molecule is NNC(CSc1cccc(Br)c1)Cc1cn2ccsc2n1. The van der Waals surface area contributed by atoms with E-state index in [1.54, 1.807) is 23.1 Å². The smallest absolute Gasteiger partial charge is 0.193 e. The van der Waals surface area contributed by atoms with Gasteiger partial charge in [0.05, 0.1) is 5.69 Å². The topological polar surface area (TPSA) is 55.3 Å². The molecule has 3 rings (SSSR count). The van der Waals surface area contributed by atoms with Crippen molar-refractivity contribution in [2.45, 2.75) is 17.4 Å². The third kappa shape index (κ3) is 3.87. The number of aromatic nitrogens is 2. The van der Waals surface area contributed by atoms with Gasteiger partial charge in [-0.1, -0.05) is 22.0 Å². The maximum Gasteiger partial charge on any atom is 0.193 e. The van der Waals surface area contributed by atoms with Crippen LogP contribution in [0.25, 0.3) is 4.96 Å². The van der Waals surface area contributed by atoms with Gasteiger partial charge in [0.2, 0.25) is 0 Å². The Hall–Kier alpha value is -0.860. The molecule has 0 saturated heterocycles. The van der Waals surface area contributed by atoms with Crippen LogP contribution in [0.15, 0.2) is 51.4 Å². The average molecular weight is 383 g/mol. The summed E-state index contributed by atoms with van der Waals surface area (Å²) < 4.78 is 3.15. The minimum Gasteiger partial charge on any atom is -0.297 e. The van der Waals surface area contributed by atoms with Crippen LogP contribution < -0.4 is 11.3 Å². The first kappa shape index (κ1) is 15.1. The minimum atomic E-state index is 0.193. The Balaban J connectivity index is 1.61. The molecule has 7 heteroatoms. The summed E-state index contributed by atoms with van der Waals surface area (Å²) in [5.41, 5.74) is 3.96. The number of benzene rings is 1. The van der Waals surface area contributed by atoms with E-state index in [1.165, 1.54) is 4.90 Å². The molecule has 0 fully saturated rings. The van der Waals surface area contributed by atoms with Crippen LogP contribution in [0, 0.1) is 0 Å². The molecule has 0 aliphatic rings. The van der Waals surface area contributed by atoms with Gasteiger partial charge in [0.15, 0.2) is 4.96 Å². The van der Waals surface area contributed by atoms with Crippen molar-refractivity contribution >= 4 is 44.0 Å². The normalized spacial score (nSPS) is 12.9. The highest BCUT2D eigenvalue weighted by Gasteiger charge is 2.12. The second-order valence-corrected chi connectivity index (χ2v) is 7.54. The van der Waals surface area contributed by atoms with E-state index >= 15 is 0 Å². The molecule has 0 saturated carbocycles. The number of hydrogen-bond acceptors (Lipinski definition) is 5. The Morgan fingerprint density at radius 3 is 3.14 bits per heavy atom. The molecule has 0 bridgehead atoms. The highest BCUT2D eigenvalue weighted by atomic mass is 79.9. The molecule has 2 aromatic heterocycles. The van der Waals surface area contributed by atoms with Crippen LogP contribution >= 0.6 is 39.0 Å². The van der Waals surface area contributed by atoms with Gasteiger partial charge >= 0.3 is 0 Å². The van der Waals surface area contributed by atoms with Crippen LogP contribution in [0.5, 0.6) is 0 Å². The molecule has 0 amide bonds. The van der Waals surface area contributed by atoms with Crippen molar-refractivity contribution in [2.75, 3.05) is 5.75 Å². The summed E-state index contributed by atoms with van der Waals surface area (Å²) in [6.07, 6.45) is 4.92. The van der Waals surface area contributed by atoms with Gasteiger partial charge in [-0.2, -0.15) is 0 Å². The zero-order valence-electron chi connectivity index (χ0n) is 11.2. The number of nitrogens with two attached hydrogens (primary N) is 1. The van der Waals surface area contributed by atoms with Crippen LogP contribution in [-0.4, -0.2) is 21.2 Å². The third-order valence-corrected chi connectivity index (χ3v) is 5.50. The second kappa shape index (κ2) is 6.93. The lowest BCUT2D eigenvalue weighted by atomic mass is 10.2. The molecule has 1 atom stereocenters. The van der Waals surface area contributed by atoms with E-state index in [9.17, 15) is 0 Å². The number of nitrogens with zero attached hydrogens (tertiary/aromatic N) is 2. The van der Waals surface area contributed by atoms with Crippen molar-refractivity contribution in [3.05, 3.63) is 52.2 Å². The van der Waals surface area contributed by atoms with Crippen LogP contribution in [0.1, 0.15) is 5.69 Å². The molecule has 2 heterocycles. The molecule has 0 spiro atoms. The fourth-order valence-corrected chi connectivity index (χ4v) is 4.31. The average Bonchev–Trinajstić information content (AvgIpc) is 3.04. The fourth-order valence-electron chi connectivity index (χ4n) is 2.05. The summed E-state index contributed by atoms with van der Waals surface area (Å²) in [6.45, 7) is 0. The van der Waals surface area contributed by atoms with Crippen LogP contribution in [0.2, 0.25) is 0 Å². The van der Waals surface area contributed by atoms with E-state index < -0.39 is 0 Å². The Labute approximate surface area is 139 Å². The van der Waals surface area contributed by atoms with Crippen molar-refractivity contribution in [1.82, 2.24) is 14.8 Å². The first-order valence-corrected chi connectivity index (χ1v) is 9.16. The third-order valence-electron chi connectivity index (χ3n) is 3.08. The largest absolute Gasteiger partial charge is 0.297 e. The lowest BCUT2D eigenvalue weighted by Crippen LogP contribution is -2.38. The maximum atomic E-state index is 5.68. The van der Waals surface area contributed by atoms with Crippen LogP contribution in [0.4, 0.5) is 0 Å². The summed E-state index contributed by atoms with van der Waals surface area (Å²) in [4.78, 5) is 6.86.